The van der Waals surface area contributed by atoms with Crippen LogP contribution in [0, 0.1) is 5.92 Å². The molecule has 110 valence electrons. The molecule has 19 heavy (non-hydrogen) atoms. The van der Waals surface area contributed by atoms with Crippen molar-refractivity contribution in [2.24, 2.45) is 11.8 Å². The second kappa shape index (κ2) is 8.17. The zero-order valence-electron chi connectivity index (χ0n) is 12.6. The van der Waals surface area contributed by atoms with Gasteiger partial charge >= 0.3 is 0 Å². The average molecular weight is 268 g/mol. The third-order valence-electron chi connectivity index (χ3n) is 3.76. The molecule has 0 radical (unpaired) electrons. The Balaban J connectivity index is 3.02. The Labute approximate surface area is 116 Å². The SMILES string of the molecule is CCCCC(CC)C(NN)c1c(OC)cnn1CC. The van der Waals surface area contributed by atoms with E-state index in [2.05, 4.69) is 31.3 Å². The molecule has 0 fully saturated rings. The van der Waals surface area contributed by atoms with Crippen LogP contribution in [0.5, 0.6) is 5.75 Å². The molecule has 1 aromatic heterocycles. The Kier molecular flexibility index (Phi) is 6.87. The number of methoxy groups -OCH3 is 1. The molecule has 0 saturated heterocycles. The standard InChI is InChI=1S/C14H28N4O/c1-5-8-9-11(6-2)13(17-15)14-12(19-4)10-16-18(14)7-3/h10-11,13,17H,5-9,15H2,1-4H3. The molecule has 1 aromatic rings. The van der Waals surface area contributed by atoms with Gasteiger partial charge in [0.1, 0.15) is 0 Å². The smallest absolute Gasteiger partial charge is 0.161 e. The van der Waals surface area contributed by atoms with E-state index in [-0.39, 0.29) is 6.04 Å². The van der Waals surface area contributed by atoms with Gasteiger partial charge in [-0.15, -0.1) is 0 Å². The first kappa shape index (κ1) is 16.0. The van der Waals surface area contributed by atoms with E-state index in [9.17, 15) is 0 Å². The van der Waals surface area contributed by atoms with Gasteiger partial charge in [0.2, 0.25) is 0 Å². The lowest BCUT2D eigenvalue weighted by Crippen LogP contribution is -2.35. The summed E-state index contributed by atoms with van der Waals surface area (Å²) in [5, 5.41) is 4.37. The Bertz CT molecular complexity index is 343. The lowest BCUT2D eigenvalue weighted by Gasteiger charge is -2.27. The molecule has 2 atom stereocenters. The summed E-state index contributed by atoms with van der Waals surface area (Å²) in [6.07, 6.45) is 6.46. The van der Waals surface area contributed by atoms with Gasteiger partial charge in [-0.3, -0.25) is 16.0 Å². The van der Waals surface area contributed by atoms with Crippen molar-refractivity contribution in [3.63, 3.8) is 0 Å². The molecule has 1 rings (SSSR count). The Morgan fingerprint density at radius 3 is 2.63 bits per heavy atom. The molecule has 0 aliphatic heterocycles. The largest absolute Gasteiger partial charge is 0.493 e. The van der Waals surface area contributed by atoms with Crippen LogP contribution in [0.2, 0.25) is 0 Å². The highest BCUT2D eigenvalue weighted by atomic mass is 16.5. The monoisotopic (exact) mass is 268 g/mol. The lowest BCUT2D eigenvalue weighted by molar-refractivity contribution is 0.299. The van der Waals surface area contributed by atoms with Crippen LogP contribution in [0.3, 0.4) is 0 Å². The minimum atomic E-state index is 0.0916. The summed E-state index contributed by atoms with van der Waals surface area (Å²) in [5.74, 6) is 7.13. The van der Waals surface area contributed by atoms with Crippen LogP contribution in [0.4, 0.5) is 0 Å². The van der Waals surface area contributed by atoms with Crippen molar-refractivity contribution in [1.82, 2.24) is 15.2 Å². The quantitative estimate of drug-likeness (QED) is 0.534. The second-order valence-electron chi connectivity index (χ2n) is 4.87. The molecule has 0 saturated carbocycles. The number of nitrogens with two attached hydrogens (primary N) is 1. The van der Waals surface area contributed by atoms with Crippen LogP contribution in [-0.2, 0) is 6.54 Å². The summed E-state index contributed by atoms with van der Waals surface area (Å²) in [6.45, 7) is 7.33. The molecule has 0 aromatic carbocycles. The molecule has 3 N–H and O–H groups in total. The Morgan fingerprint density at radius 1 is 1.42 bits per heavy atom. The van der Waals surface area contributed by atoms with E-state index >= 15 is 0 Å². The number of aromatic nitrogens is 2. The summed E-state index contributed by atoms with van der Waals surface area (Å²) in [6, 6.07) is 0.0916. The predicted octanol–water partition coefficient (Wildman–Crippen LogP) is 2.63. The third kappa shape index (κ3) is 3.70. The van der Waals surface area contributed by atoms with Gasteiger partial charge in [-0.2, -0.15) is 5.10 Å². The van der Waals surface area contributed by atoms with Gasteiger partial charge in [0.25, 0.3) is 0 Å². The van der Waals surface area contributed by atoms with Gasteiger partial charge in [0, 0.05) is 6.54 Å². The summed E-state index contributed by atoms with van der Waals surface area (Å²) < 4.78 is 7.40. The van der Waals surface area contributed by atoms with Gasteiger partial charge in [-0.25, -0.2) is 0 Å². The first-order valence-electron chi connectivity index (χ1n) is 7.29. The number of hydrazine groups is 1. The van der Waals surface area contributed by atoms with Crippen LogP contribution in [0.1, 0.15) is 58.2 Å². The maximum Gasteiger partial charge on any atom is 0.161 e. The first-order chi connectivity index (χ1) is 9.23. The van der Waals surface area contributed by atoms with Gasteiger partial charge in [0.05, 0.1) is 25.0 Å². The van der Waals surface area contributed by atoms with Crippen molar-refractivity contribution in [3.8, 4) is 5.75 Å². The first-order valence-corrected chi connectivity index (χ1v) is 7.29. The lowest BCUT2D eigenvalue weighted by atomic mass is 9.89. The molecular formula is C14H28N4O. The van der Waals surface area contributed by atoms with Crippen LogP contribution >= 0.6 is 0 Å². The number of rotatable bonds is 9. The molecule has 0 amide bonds. The minimum Gasteiger partial charge on any atom is -0.493 e. The van der Waals surface area contributed by atoms with Crippen LogP contribution in [0.15, 0.2) is 6.20 Å². The van der Waals surface area contributed by atoms with Crippen molar-refractivity contribution in [2.75, 3.05) is 7.11 Å². The van der Waals surface area contributed by atoms with Crippen molar-refractivity contribution in [1.29, 1.82) is 0 Å². The van der Waals surface area contributed by atoms with E-state index in [1.54, 1.807) is 13.3 Å². The van der Waals surface area contributed by atoms with E-state index in [1.165, 1.54) is 19.3 Å². The summed E-state index contributed by atoms with van der Waals surface area (Å²) in [5.41, 5.74) is 4.04. The zero-order valence-corrected chi connectivity index (χ0v) is 12.6. The molecule has 0 bridgehead atoms. The molecule has 0 aliphatic carbocycles. The number of hydrogen-bond donors (Lipinski definition) is 2. The van der Waals surface area contributed by atoms with Crippen LogP contribution in [-0.4, -0.2) is 16.9 Å². The normalized spacial score (nSPS) is 14.4. The van der Waals surface area contributed by atoms with E-state index < -0.39 is 0 Å². The number of nitrogens with one attached hydrogen (secondary N) is 1. The maximum absolute atomic E-state index is 5.81. The van der Waals surface area contributed by atoms with Crippen molar-refractivity contribution in [3.05, 3.63) is 11.9 Å². The zero-order chi connectivity index (χ0) is 14.3. The molecule has 0 aliphatic rings. The van der Waals surface area contributed by atoms with Gasteiger partial charge in [0.15, 0.2) is 5.75 Å². The fraction of sp³-hybridized carbons (Fsp3) is 0.786. The topological polar surface area (TPSA) is 65.1 Å². The molecular weight excluding hydrogens is 240 g/mol. The number of ether oxygens (including phenoxy) is 1. The third-order valence-corrected chi connectivity index (χ3v) is 3.76. The molecule has 0 spiro atoms. The van der Waals surface area contributed by atoms with Gasteiger partial charge < -0.3 is 4.74 Å². The van der Waals surface area contributed by atoms with E-state index in [0.717, 1.165) is 24.4 Å². The Hall–Kier alpha value is -1.07. The summed E-state index contributed by atoms with van der Waals surface area (Å²) >= 11 is 0. The maximum atomic E-state index is 5.81. The van der Waals surface area contributed by atoms with E-state index in [0.29, 0.717) is 5.92 Å². The van der Waals surface area contributed by atoms with Crippen LogP contribution < -0.4 is 16.0 Å². The molecule has 2 unspecified atom stereocenters. The molecule has 1 heterocycles. The average Bonchev–Trinajstić information content (AvgIpc) is 2.86. The van der Waals surface area contributed by atoms with Crippen molar-refractivity contribution in [2.45, 2.75) is 59.0 Å². The molecule has 5 nitrogen and oxygen atoms in total. The van der Waals surface area contributed by atoms with E-state index in [1.807, 2.05) is 4.68 Å². The highest BCUT2D eigenvalue weighted by Crippen LogP contribution is 2.33. The highest BCUT2D eigenvalue weighted by Gasteiger charge is 2.27. The van der Waals surface area contributed by atoms with Crippen molar-refractivity contribution < 1.29 is 4.74 Å². The second-order valence-corrected chi connectivity index (χ2v) is 4.87. The fourth-order valence-electron chi connectivity index (χ4n) is 2.61. The number of aryl methyl sites for hydroxylation is 1. The summed E-state index contributed by atoms with van der Waals surface area (Å²) in [4.78, 5) is 0. The minimum absolute atomic E-state index is 0.0916. The van der Waals surface area contributed by atoms with Crippen LogP contribution in [0.25, 0.3) is 0 Å². The molecule has 5 heteroatoms. The Morgan fingerprint density at radius 2 is 2.16 bits per heavy atom. The highest BCUT2D eigenvalue weighted by molar-refractivity contribution is 5.28. The summed E-state index contributed by atoms with van der Waals surface area (Å²) in [7, 11) is 1.68. The van der Waals surface area contributed by atoms with Crippen molar-refractivity contribution >= 4 is 0 Å². The van der Waals surface area contributed by atoms with E-state index in [4.69, 9.17) is 10.6 Å². The number of hydrogen-bond acceptors (Lipinski definition) is 4. The van der Waals surface area contributed by atoms with Gasteiger partial charge in [-0.1, -0.05) is 33.1 Å². The fourth-order valence-corrected chi connectivity index (χ4v) is 2.61. The predicted molar refractivity (Wildman–Crippen MR) is 77.8 cm³/mol. The van der Waals surface area contributed by atoms with Gasteiger partial charge in [-0.05, 0) is 19.3 Å². The number of nitrogens with zero attached hydrogens (tertiary/aromatic N) is 2. The number of unbranched alkanes of at least 4 members (excludes halogenated alkanes) is 1.